The Morgan fingerprint density at radius 1 is 1.67 bits per heavy atom. The SMILES string of the molecule is C1=CC2=CC=CCN2N=1. The second kappa shape index (κ2) is 1.61. The number of hydrogen-bond donors (Lipinski definition) is 0. The maximum absolute atomic E-state index is 3.97. The topological polar surface area (TPSA) is 15.6 Å². The Morgan fingerprint density at radius 3 is 3.56 bits per heavy atom. The van der Waals surface area contributed by atoms with E-state index in [0.717, 1.165) is 12.2 Å². The van der Waals surface area contributed by atoms with E-state index < -0.39 is 0 Å². The first-order chi connectivity index (χ1) is 4.47. The lowest BCUT2D eigenvalue weighted by Gasteiger charge is -2.14. The lowest BCUT2D eigenvalue weighted by molar-refractivity contribution is 0.425. The van der Waals surface area contributed by atoms with Gasteiger partial charge in [0, 0.05) is 11.9 Å². The Balaban J connectivity index is 2.38. The molecule has 0 spiro atoms. The van der Waals surface area contributed by atoms with E-state index in [9.17, 15) is 0 Å². The molecule has 2 aliphatic rings. The van der Waals surface area contributed by atoms with Crippen molar-refractivity contribution in [2.75, 3.05) is 6.54 Å². The summed E-state index contributed by atoms with van der Waals surface area (Å²) in [5.41, 5.74) is 1.14. The summed E-state index contributed by atoms with van der Waals surface area (Å²) in [6, 6.07) is 0. The lowest BCUT2D eigenvalue weighted by Crippen LogP contribution is -2.14. The molecule has 0 saturated carbocycles. The first kappa shape index (κ1) is 4.59. The van der Waals surface area contributed by atoms with Crippen LogP contribution in [0.25, 0.3) is 0 Å². The lowest BCUT2D eigenvalue weighted by atomic mass is 10.3. The van der Waals surface area contributed by atoms with Crippen LogP contribution in [-0.4, -0.2) is 17.4 Å². The van der Waals surface area contributed by atoms with Crippen molar-refractivity contribution in [3.63, 3.8) is 0 Å². The number of hydrogen-bond acceptors (Lipinski definition) is 2. The molecule has 2 nitrogen and oxygen atoms in total. The van der Waals surface area contributed by atoms with Crippen molar-refractivity contribution in [1.82, 2.24) is 5.01 Å². The molecule has 0 amide bonds. The van der Waals surface area contributed by atoms with Crippen molar-refractivity contribution in [1.29, 1.82) is 0 Å². The zero-order valence-electron chi connectivity index (χ0n) is 4.91. The summed E-state index contributed by atoms with van der Waals surface area (Å²) in [5, 5.41) is 5.87. The molecular weight excluding hydrogens is 112 g/mol. The summed E-state index contributed by atoms with van der Waals surface area (Å²) in [6.45, 7) is 0.884. The van der Waals surface area contributed by atoms with Gasteiger partial charge in [0.2, 0.25) is 0 Å². The van der Waals surface area contributed by atoms with Crippen LogP contribution in [0.3, 0.4) is 0 Å². The Labute approximate surface area is 53.5 Å². The fourth-order valence-corrected chi connectivity index (χ4v) is 0.905. The van der Waals surface area contributed by atoms with Gasteiger partial charge in [0.1, 0.15) is 0 Å². The van der Waals surface area contributed by atoms with Crippen molar-refractivity contribution in [2.45, 2.75) is 0 Å². The van der Waals surface area contributed by atoms with E-state index >= 15 is 0 Å². The first-order valence-corrected chi connectivity index (χ1v) is 2.90. The Bertz CT molecular complexity index is 242. The molecule has 2 heterocycles. The van der Waals surface area contributed by atoms with Gasteiger partial charge in [0.15, 0.2) is 0 Å². The van der Waals surface area contributed by atoms with Crippen LogP contribution in [0, 0.1) is 0 Å². The van der Waals surface area contributed by atoms with E-state index in [2.05, 4.69) is 17.0 Å². The second-order valence-electron chi connectivity index (χ2n) is 1.98. The van der Waals surface area contributed by atoms with Gasteiger partial charge < -0.3 is 0 Å². The molecule has 0 atom stereocenters. The quantitative estimate of drug-likeness (QED) is 0.461. The standard InChI is InChI=1S/C7H6N2/c1-2-6-9-7(3-1)4-5-8-9/h1-4H,6H2. The molecule has 9 heavy (non-hydrogen) atoms. The molecule has 2 heteroatoms. The molecule has 0 N–H and O–H groups in total. The Morgan fingerprint density at radius 2 is 2.67 bits per heavy atom. The monoisotopic (exact) mass is 118 g/mol. The predicted octanol–water partition coefficient (Wildman–Crippen LogP) is 0.897. The third-order valence-corrected chi connectivity index (χ3v) is 1.37. The van der Waals surface area contributed by atoms with Crippen LogP contribution in [0.1, 0.15) is 0 Å². The Hall–Kier alpha value is -1.27. The summed E-state index contributed by atoms with van der Waals surface area (Å²) in [5.74, 6) is 2.78. The van der Waals surface area contributed by atoms with Crippen molar-refractivity contribution in [3.8, 4) is 0 Å². The highest BCUT2D eigenvalue weighted by Crippen LogP contribution is 2.12. The average molecular weight is 118 g/mol. The number of fused-ring (bicyclic) bond motifs is 1. The van der Waals surface area contributed by atoms with Crippen molar-refractivity contribution in [3.05, 3.63) is 30.0 Å². The van der Waals surface area contributed by atoms with E-state index in [0.29, 0.717) is 0 Å². The summed E-state index contributed by atoms with van der Waals surface area (Å²) < 4.78 is 0. The van der Waals surface area contributed by atoms with Crippen LogP contribution in [0.5, 0.6) is 0 Å². The maximum atomic E-state index is 3.97. The summed E-state index contributed by atoms with van der Waals surface area (Å²) in [7, 11) is 0. The van der Waals surface area contributed by atoms with Crippen LogP contribution in [0.15, 0.2) is 35.1 Å². The van der Waals surface area contributed by atoms with Crippen LogP contribution in [0.4, 0.5) is 0 Å². The van der Waals surface area contributed by atoms with Gasteiger partial charge in [0.25, 0.3) is 0 Å². The van der Waals surface area contributed by atoms with Crippen LogP contribution in [0.2, 0.25) is 0 Å². The number of hydrazone groups is 1. The van der Waals surface area contributed by atoms with E-state index in [1.807, 2.05) is 23.2 Å². The third kappa shape index (κ3) is 0.609. The molecule has 0 bridgehead atoms. The van der Waals surface area contributed by atoms with Crippen LogP contribution in [-0.2, 0) is 0 Å². The maximum Gasteiger partial charge on any atom is 0.0698 e. The number of rotatable bonds is 0. The van der Waals surface area contributed by atoms with Crippen molar-refractivity contribution in [2.24, 2.45) is 5.10 Å². The molecule has 0 unspecified atom stereocenters. The van der Waals surface area contributed by atoms with Gasteiger partial charge in [-0.15, -0.1) is 5.10 Å². The van der Waals surface area contributed by atoms with Gasteiger partial charge in [-0.25, -0.2) is 0 Å². The fraction of sp³-hybridized carbons (Fsp3) is 0.143. The molecule has 0 aromatic heterocycles. The minimum atomic E-state index is 0.884. The number of allylic oxidation sites excluding steroid dienone is 3. The zero-order chi connectivity index (χ0) is 6.10. The predicted molar refractivity (Wildman–Crippen MR) is 35.9 cm³/mol. The molecule has 0 aromatic carbocycles. The van der Waals surface area contributed by atoms with E-state index in [-0.39, 0.29) is 0 Å². The molecular formula is C7H6N2. The van der Waals surface area contributed by atoms with Gasteiger partial charge in [0.05, 0.1) is 12.2 Å². The van der Waals surface area contributed by atoms with E-state index in [4.69, 9.17) is 0 Å². The van der Waals surface area contributed by atoms with Crippen LogP contribution >= 0.6 is 0 Å². The van der Waals surface area contributed by atoms with Gasteiger partial charge in [-0.2, -0.15) is 0 Å². The molecule has 0 aromatic rings. The highest BCUT2D eigenvalue weighted by Gasteiger charge is 2.08. The van der Waals surface area contributed by atoms with Crippen molar-refractivity contribution >= 4 is 5.87 Å². The summed E-state index contributed by atoms with van der Waals surface area (Å²) in [6.07, 6.45) is 8.00. The molecule has 0 fully saturated rings. The Kier molecular flexibility index (Phi) is 0.820. The second-order valence-corrected chi connectivity index (χ2v) is 1.98. The minimum absolute atomic E-state index is 0.884. The van der Waals surface area contributed by atoms with Gasteiger partial charge in [-0.3, -0.25) is 5.01 Å². The highest BCUT2D eigenvalue weighted by atomic mass is 15.5. The normalized spacial score (nSPS) is 20.4. The molecule has 0 aliphatic carbocycles. The van der Waals surface area contributed by atoms with E-state index in [1.165, 1.54) is 0 Å². The van der Waals surface area contributed by atoms with Crippen LogP contribution < -0.4 is 0 Å². The molecule has 2 aliphatic heterocycles. The first-order valence-electron chi connectivity index (χ1n) is 2.90. The van der Waals surface area contributed by atoms with Gasteiger partial charge in [-0.05, 0) is 6.08 Å². The largest absolute Gasteiger partial charge is 0.253 e. The number of nitrogens with zero attached hydrogens (tertiary/aromatic N) is 2. The third-order valence-electron chi connectivity index (χ3n) is 1.37. The zero-order valence-corrected chi connectivity index (χ0v) is 4.91. The van der Waals surface area contributed by atoms with Gasteiger partial charge in [-0.1, -0.05) is 12.2 Å². The molecule has 2 rings (SSSR count). The highest BCUT2D eigenvalue weighted by molar-refractivity contribution is 5.61. The molecule has 44 valence electrons. The van der Waals surface area contributed by atoms with Gasteiger partial charge >= 0.3 is 0 Å². The minimum Gasteiger partial charge on any atom is -0.253 e. The summed E-state index contributed by atoms with van der Waals surface area (Å²) in [4.78, 5) is 0. The summed E-state index contributed by atoms with van der Waals surface area (Å²) >= 11 is 0. The molecule has 0 saturated heterocycles. The fourth-order valence-electron chi connectivity index (χ4n) is 0.905. The smallest absolute Gasteiger partial charge is 0.0698 e. The molecule has 0 radical (unpaired) electrons. The average Bonchev–Trinajstić information content (AvgIpc) is 2.33. The van der Waals surface area contributed by atoms with Crippen molar-refractivity contribution < 1.29 is 0 Å². The van der Waals surface area contributed by atoms with E-state index in [1.54, 1.807) is 0 Å².